The summed E-state index contributed by atoms with van der Waals surface area (Å²) in [5.74, 6) is -0.408. The second-order valence-electron chi connectivity index (χ2n) is 6.40. The molecule has 0 saturated carbocycles. The summed E-state index contributed by atoms with van der Waals surface area (Å²) < 4.78 is 0. The van der Waals surface area contributed by atoms with E-state index in [1.807, 2.05) is 68.4 Å². The molecule has 0 aliphatic heterocycles. The summed E-state index contributed by atoms with van der Waals surface area (Å²) in [7, 11) is 0. The Morgan fingerprint density at radius 3 is 2.37 bits per heavy atom. The molecule has 0 fully saturated rings. The maximum atomic E-state index is 12.4. The number of hydrogen-bond acceptors (Lipinski definition) is 3. The van der Waals surface area contributed by atoms with E-state index in [4.69, 9.17) is 0 Å². The highest BCUT2D eigenvalue weighted by Crippen LogP contribution is 2.23. The number of amides is 1. The van der Waals surface area contributed by atoms with Crippen molar-refractivity contribution in [1.29, 1.82) is 5.26 Å². The van der Waals surface area contributed by atoms with E-state index in [1.165, 1.54) is 0 Å². The molecule has 3 rings (SSSR count). The Balaban J connectivity index is 1.77. The van der Waals surface area contributed by atoms with Gasteiger partial charge in [-0.2, -0.15) is 10.4 Å². The maximum Gasteiger partial charge on any atom is 0.262 e. The number of nitrogens with one attached hydrogen (secondary N) is 2. The van der Waals surface area contributed by atoms with Crippen LogP contribution < -0.4 is 5.32 Å². The van der Waals surface area contributed by atoms with Crippen molar-refractivity contribution in [3.63, 3.8) is 0 Å². The van der Waals surface area contributed by atoms with E-state index in [-0.39, 0.29) is 5.57 Å². The number of aryl methyl sites for hydroxylation is 2. The van der Waals surface area contributed by atoms with Crippen molar-refractivity contribution >= 4 is 12.0 Å². The fourth-order valence-electron chi connectivity index (χ4n) is 2.64. The summed E-state index contributed by atoms with van der Waals surface area (Å²) >= 11 is 0. The summed E-state index contributed by atoms with van der Waals surface area (Å²) in [6.45, 7) is 4.40. The molecule has 2 aromatic carbocycles. The van der Waals surface area contributed by atoms with Gasteiger partial charge in [-0.3, -0.25) is 9.89 Å². The predicted octanol–water partition coefficient (Wildman–Crippen LogP) is 3.92. The number of nitriles is 1. The summed E-state index contributed by atoms with van der Waals surface area (Å²) in [5.41, 5.74) is 5.75. The van der Waals surface area contributed by atoms with Gasteiger partial charge in [-0.05, 0) is 25.5 Å². The van der Waals surface area contributed by atoms with E-state index in [0.717, 1.165) is 27.9 Å². The molecular weight excluding hydrogens is 336 g/mol. The molecule has 1 aromatic heterocycles. The lowest BCUT2D eigenvalue weighted by molar-refractivity contribution is -0.117. The number of nitrogens with zero attached hydrogens (tertiary/aromatic N) is 2. The molecule has 27 heavy (non-hydrogen) atoms. The lowest BCUT2D eigenvalue weighted by Crippen LogP contribution is -2.23. The van der Waals surface area contributed by atoms with Gasteiger partial charge in [-0.25, -0.2) is 0 Å². The third kappa shape index (κ3) is 4.50. The molecule has 134 valence electrons. The summed E-state index contributed by atoms with van der Waals surface area (Å²) in [6.07, 6.45) is 3.17. The Hall–Kier alpha value is -3.65. The fraction of sp³-hybridized carbons (Fsp3) is 0.136. The number of benzene rings is 2. The Bertz CT molecular complexity index is 1010. The molecule has 0 saturated heterocycles. The van der Waals surface area contributed by atoms with Crippen molar-refractivity contribution in [2.24, 2.45) is 0 Å². The van der Waals surface area contributed by atoms with E-state index in [9.17, 15) is 10.1 Å². The Kier molecular flexibility index (Phi) is 5.48. The zero-order valence-corrected chi connectivity index (χ0v) is 15.3. The van der Waals surface area contributed by atoms with Gasteiger partial charge in [-0.1, -0.05) is 59.7 Å². The van der Waals surface area contributed by atoms with Gasteiger partial charge in [0.25, 0.3) is 5.91 Å². The van der Waals surface area contributed by atoms with Crippen LogP contribution in [-0.4, -0.2) is 16.1 Å². The molecule has 5 heteroatoms. The van der Waals surface area contributed by atoms with Gasteiger partial charge in [-0.15, -0.1) is 0 Å². The first-order valence-corrected chi connectivity index (χ1v) is 8.63. The molecular formula is C22H20N4O. The van der Waals surface area contributed by atoms with Crippen molar-refractivity contribution in [1.82, 2.24) is 15.5 Å². The predicted molar refractivity (Wildman–Crippen MR) is 105 cm³/mol. The van der Waals surface area contributed by atoms with Crippen LogP contribution in [0.3, 0.4) is 0 Å². The number of H-pyrrole nitrogens is 1. The van der Waals surface area contributed by atoms with Crippen molar-refractivity contribution in [3.8, 4) is 17.3 Å². The molecule has 0 radical (unpaired) electrons. The molecule has 1 heterocycles. The summed E-state index contributed by atoms with van der Waals surface area (Å²) in [6, 6.07) is 17.8. The highest BCUT2D eigenvalue weighted by Gasteiger charge is 2.12. The first kappa shape index (κ1) is 18.2. The van der Waals surface area contributed by atoms with E-state index < -0.39 is 5.91 Å². The van der Waals surface area contributed by atoms with Crippen LogP contribution in [0.15, 0.2) is 60.3 Å². The van der Waals surface area contributed by atoms with Crippen LogP contribution in [0.4, 0.5) is 0 Å². The van der Waals surface area contributed by atoms with Gasteiger partial charge < -0.3 is 5.32 Å². The molecule has 0 aliphatic rings. The van der Waals surface area contributed by atoms with Crippen LogP contribution in [0.1, 0.15) is 22.3 Å². The summed E-state index contributed by atoms with van der Waals surface area (Å²) in [4.78, 5) is 12.4. The summed E-state index contributed by atoms with van der Waals surface area (Å²) in [5, 5.41) is 19.2. The molecule has 0 atom stereocenters. The van der Waals surface area contributed by atoms with E-state index in [1.54, 1.807) is 12.3 Å². The molecule has 0 aliphatic carbocycles. The number of aromatic nitrogens is 2. The molecule has 5 nitrogen and oxygen atoms in total. The number of carbonyl (C=O) groups is 1. The molecule has 0 unspecified atom stereocenters. The van der Waals surface area contributed by atoms with Gasteiger partial charge in [0.2, 0.25) is 0 Å². The minimum atomic E-state index is -0.408. The number of aromatic amines is 1. The quantitative estimate of drug-likeness (QED) is 0.537. The topological polar surface area (TPSA) is 81.6 Å². The second-order valence-corrected chi connectivity index (χ2v) is 6.40. The van der Waals surface area contributed by atoms with Crippen molar-refractivity contribution < 1.29 is 4.79 Å². The van der Waals surface area contributed by atoms with Gasteiger partial charge in [0, 0.05) is 17.7 Å². The van der Waals surface area contributed by atoms with Crippen molar-refractivity contribution in [2.75, 3.05) is 0 Å². The zero-order chi connectivity index (χ0) is 19.2. The molecule has 2 N–H and O–H groups in total. The van der Waals surface area contributed by atoms with Gasteiger partial charge in [0.15, 0.2) is 0 Å². The molecule has 3 aromatic rings. The third-order valence-corrected chi connectivity index (χ3v) is 4.25. The maximum absolute atomic E-state index is 12.4. The Morgan fingerprint density at radius 2 is 1.74 bits per heavy atom. The van der Waals surface area contributed by atoms with Crippen LogP contribution in [0.2, 0.25) is 0 Å². The number of rotatable bonds is 5. The van der Waals surface area contributed by atoms with Gasteiger partial charge >= 0.3 is 0 Å². The van der Waals surface area contributed by atoms with Gasteiger partial charge in [0.1, 0.15) is 11.6 Å². The normalized spacial score (nSPS) is 11.1. The fourth-order valence-corrected chi connectivity index (χ4v) is 2.64. The number of hydrogen-bond donors (Lipinski definition) is 2. The second kappa shape index (κ2) is 8.15. The average Bonchev–Trinajstić information content (AvgIpc) is 3.14. The van der Waals surface area contributed by atoms with Crippen molar-refractivity contribution in [3.05, 3.63) is 82.6 Å². The van der Waals surface area contributed by atoms with E-state index >= 15 is 0 Å². The molecule has 0 bridgehead atoms. The first-order valence-electron chi connectivity index (χ1n) is 8.63. The van der Waals surface area contributed by atoms with Crippen LogP contribution in [0, 0.1) is 25.2 Å². The standard InChI is InChI=1S/C22H20N4O/c1-15-3-7-17(8-4-15)13-24-22(27)19(12-23)11-20-14-25-26-21(20)18-9-5-16(2)6-10-18/h3-11,14H,13H2,1-2H3,(H,24,27)(H,25,26)/b19-11-. The Labute approximate surface area is 158 Å². The largest absolute Gasteiger partial charge is 0.347 e. The van der Waals surface area contributed by atoms with Crippen LogP contribution in [0.25, 0.3) is 17.3 Å². The first-order chi connectivity index (χ1) is 13.1. The Morgan fingerprint density at radius 1 is 1.11 bits per heavy atom. The monoisotopic (exact) mass is 356 g/mol. The minimum absolute atomic E-state index is 0.0388. The lowest BCUT2D eigenvalue weighted by Gasteiger charge is -2.05. The average molecular weight is 356 g/mol. The van der Waals surface area contributed by atoms with Gasteiger partial charge in [0.05, 0.1) is 11.9 Å². The van der Waals surface area contributed by atoms with Crippen molar-refractivity contribution in [2.45, 2.75) is 20.4 Å². The minimum Gasteiger partial charge on any atom is -0.347 e. The highest BCUT2D eigenvalue weighted by atomic mass is 16.1. The smallest absolute Gasteiger partial charge is 0.262 e. The lowest BCUT2D eigenvalue weighted by atomic mass is 10.0. The van der Waals surface area contributed by atoms with Crippen LogP contribution >= 0.6 is 0 Å². The number of carbonyl (C=O) groups excluding carboxylic acids is 1. The van der Waals surface area contributed by atoms with Crippen LogP contribution in [0.5, 0.6) is 0 Å². The highest BCUT2D eigenvalue weighted by molar-refractivity contribution is 6.02. The van der Waals surface area contributed by atoms with Crippen LogP contribution in [-0.2, 0) is 11.3 Å². The van der Waals surface area contributed by atoms with E-state index in [0.29, 0.717) is 12.1 Å². The zero-order valence-electron chi connectivity index (χ0n) is 15.3. The van der Waals surface area contributed by atoms with E-state index in [2.05, 4.69) is 15.5 Å². The molecule has 1 amide bonds. The third-order valence-electron chi connectivity index (χ3n) is 4.25. The SMILES string of the molecule is Cc1ccc(CNC(=O)/C(C#N)=C\c2cn[nH]c2-c2ccc(C)cc2)cc1. The molecule has 0 spiro atoms.